The van der Waals surface area contributed by atoms with Gasteiger partial charge < -0.3 is 9.64 Å². The van der Waals surface area contributed by atoms with E-state index in [9.17, 15) is 0 Å². The van der Waals surface area contributed by atoms with Gasteiger partial charge in [0.15, 0.2) is 6.23 Å². The first-order valence-electron chi connectivity index (χ1n) is 5.05. The lowest BCUT2D eigenvalue weighted by Crippen LogP contribution is -2.46. The molecule has 2 nitrogen and oxygen atoms in total. The molecular formula is C12H17NO. The maximum atomic E-state index is 5.77. The summed E-state index contributed by atoms with van der Waals surface area (Å²) >= 11 is 0. The quantitative estimate of drug-likeness (QED) is 0.625. The summed E-state index contributed by atoms with van der Waals surface area (Å²) in [6.45, 7) is 8.70. The fraction of sp³-hybridized carbons (Fsp3) is 0.500. The van der Waals surface area contributed by atoms with E-state index in [4.69, 9.17) is 4.74 Å². The van der Waals surface area contributed by atoms with Crippen molar-refractivity contribution in [3.8, 4) is 5.75 Å². The third-order valence-corrected chi connectivity index (χ3v) is 2.51. The van der Waals surface area contributed by atoms with Gasteiger partial charge in [0.05, 0.1) is 5.69 Å². The molecule has 1 unspecified atom stereocenters. The zero-order valence-corrected chi connectivity index (χ0v) is 9.24. The Morgan fingerprint density at radius 2 is 1.86 bits per heavy atom. The van der Waals surface area contributed by atoms with E-state index in [0.29, 0.717) is 0 Å². The molecule has 0 spiro atoms. The number of hydrogen-bond donors (Lipinski definition) is 0. The van der Waals surface area contributed by atoms with Gasteiger partial charge in [-0.2, -0.15) is 0 Å². The molecule has 1 aliphatic heterocycles. The lowest BCUT2D eigenvalue weighted by molar-refractivity contribution is 0.220. The van der Waals surface area contributed by atoms with Crippen molar-refractivity contribution in [1.82, 2.24) is 0 Å². The molecule has 1 aromatic carbocycles. The summed E-state index contributed by atoms with van der Waals surface area (Å²) < 4.78 is 5.77. The number of benzene rings is 1. The van der Waals surface area contributed by atoms with Crippen LogP contribution in [0.5, 0.6) is 5.75 Å². The number of ether oxygens (including phenoxy) is 1. The summed E-state index contributed by atoms with van der Waals surface area (Å²) in [5.41, 5.74) is 1.30. The monoisotopic (exact) mass is 191 g/mol. The molecule has 2 rings (SSSR count). The minimum Gasteiger partial charge on any atom is -0.469 e. The Morgan fingerprint density at radius 1 is 1.21 bits per heavy atom. The maximum Gasteiger partial charge on any atom is 0.170 e. The molecule has 0 aromatic heterocycles. The van der Waals surface area contributed by atoms with Crippen LogP contribution in [0.3, 0.4) is 0 Å². The van der Waals surface area contributed by atoms with Crippen LogP contribution in [0.1, 0.15) is 27.7 Å². The molecule has 76 valence electrons. The molecule has 0 aliphatic carbocycles. The lowest BCUT2D eigenvalue weighted by atomic mass is 10.0. The van der Waals surface area contributed by atoms with Crippen molar-refractivity contribution in [2.75, 3.05) is 4.90 Å². The van der Waals surface area contributed by atoms with Gasteiger partial charge in [0.2, 0.25) is 0 Å². The predicted octanol–water partition coefficient (Wildman–Crippen LogP) is 3.03. The Bertz CT molecular complexity index is 340. The number of hydrogen-bond acceptors (Lipinski definition) is 2. The maximum absolute atomic E-state index is 5.77. The lowest BCUT2D eigenvalue weighted by Gasteiger charge is -2.36. The Labute approximate surface area is 85.5 Å². The van der Waals surface area contributed by atoms with E-state index in [1.807, 2.05) is 12.1 Å². The van der Waals surface area contributed by atoms with E-state index in [-0.39, 0.29) is 11.8 Å². The van der Waals surface area contributed by atoms with E-state index in [2.05, 4.69) is 44.7 Å². The highest BCUT2D eigenvalue weighted by atomic mass is 16.5. The first kappa shape index (κ1) is 9.38. The molecule has 1 heterocycles. The van der Waals surface area contributed by atoms with Crippen molar-refractivity contribution >= 4 is 5.69 Å². The average Bonchev–Trinajstić information content (AvgIpc) is 2.38. The molecule has 0 saturated heterocycles. The smallest absolute Gasteiger partial charge is 0.170 e. The van der Waals surface area contributed by atoms with Crippen molar-refractivity contribution in [2.24, 2.45) is 0 Å². The van der Waals surface area contributed by atoms with Gasteiger partial charge in [0.1, 0.15) is 5.75 Å². The highest BCUT2D eigenvalue weighted by Gasteiger charge is 2.34. The van der Waals surface area contributed by atoms with Gasteiger partial charge in [-0.15, -0.1) is 0 Å². The second-order valence-electron chi connectivity index (χ2n) is 4.73. The summed E-state index contributed by atoms with van der Waals surface area (Å²) in [5, 5.41) is 0. The fourth-order valence-electron chi connectivity index (χ4n) is 2.09. The summed E-state index contributed by atoms with van der Waals surface area (Å²) in [6.07, 6.45) is 0.132. The molecule has 0 saturated carbocycles. The second kappa shape index (κ2) is 2.91. The zero-order valence-electron chi connectivity index (χ0n) is 9.24. The number of anilines is 1. The topological polar surface area (TPSA) is 12.5 Å². The molecule has 14 heavy (non-hydrogen) atoms. The first-order valence-corrected chi connectivity index (χ1v) is 5.05. The molecule has 0 bridgehead atoms. The Morgan fingerprint density at radius 3 is 2.50 bits per heavy atom. The van der Waals surface area contributed by atoms with E-state index in [0.717, 1.165) is 5.75 Å². The van der Waals surface area contributed by atoms with Gasteiger partial charge in [0.25, 0.3) is 0 Å². The molecule has 1 atom stereocenters. The number of fused-ring (bicyclic) bond motifs is 1. The second-order valence-corrected chi connectivity index (χ2v) is 4.73. The Balaban J connectivity index is 2.45. The van der Waals surface area contributed by atoms with Crippen molar-refractivity contribution in [1.29, 1.82) is 0 Å². The Kier molecular flexibility index (Phi) is 1.95. The third kappa shape index (κ3) is 1.35. The molecule has 0 fully saturated rings. The molecule has 0 radical (unpaired) electrons. The highest BCUT2D eigenvalue weighted by molar-refractivity contribution is 5.63. The van der Waals surface area contributed by atoms with Crippen molar-refractivity contribution in [3.63, 3.8) is 0 Å². The van der Waals surface area contributed by atoms with Crippen LogP contribution in [0.25, 0.3) is 0 Å². The SMILES string of the molecule is CC1Oc2ccccc2N1C(C)(C)C. The van der Waals surface area contributed by atoms with Gasteiger partial charge >= 0.3 is 0 Å². The number of rotatable bonds is 0. The minimum atomic E-state index is 0.103. The molecule has 0 amide bonds. The number of nitrogens with zero attached hydrogens (tertiary/aromatic N) is 1. The van der Waals surface area contributed by atoms with Gasteiger partial charge in [-0.25, -0.2) is 0 Å². The highest BCUT2D eigenvalue weighted by Crippen LogP contribution is 2.40. The van der Waals surface area contributed by atoms with E-state index in [1.165, 1.54) is 5.69 Å². The van der Waals surface area contributed by atoms with Crippen LogP contribution in [-0.2, 0) is 0 Å². The van der Waals surface area contributed by atoms with Crippen LogP contribution in [0.2, 0.25) is 0 Å². The summed E-state index contributed by atoms with van der Waals surface area (Å²) in [5.74, 6) is 0.995. The summed E-state index contributed by atoms with van der Waals surface area (Å²) in [6, 6.07) is 8.21. The molecule has 1 aliphatic rings. The van der Waals surface area contributed by atoms with E-state index in [1.54, 1.807) is 0 Å². The normalized spacial score (nSPS) is 20.6. The van der Waals surface area contributed by atoms with Crippen molar-refractivity contribution in [3.05, 3.63) is 24.3 Å². The van der Waals surface area contributed by atoms with Crippen LogP contribution in [0.4, 0.5) is 5.69 Å². The predicted molar refractivity (Wildman–Crippen MR) is 58.8 cm³/mol. The average molecular weight is 191 g/mol. The molecule has 0 N–H and O–H groups in total. The van der Waals surface area contributed by atoms with Crippen LogP contribution in [0.15, 0.2) is 24.3 Å². The standard InChI is InChI=1S/C12H17NO/c1-9-13(12(2,3)4)10-7-5-6-8-11(10)14-9/h5-9H,1-4H3. The van der Waals surface area contributed by atoms with E-state index < -0.39 is 0 Å². The van der Waals surface area contributed by atoms with Crippen LogP contribution < -0.4 is 9.64 Å². The summed E-state index contributed by atoms with van der Waals surface area (Å²) in [4.78, 5) is 2.31. The molecule has 2 heteroatoms. The number of para-hydroxylation sites is 2. The first-order chi connectivity index (χ1) is 6.50. The third-order valence-electron chi connectivity index (χ3n) is 2.51. The Hall–Kier alpha value is -1.18. The molecular weight excluding hydrogens is 174 g/mol. The van der Waals surface area contributed by atoms with Crippen LogP contribution in [-0.4, -0.2) is 11.8 Å². The fourth-order valence-corrected chi connectivity index (χ4v) is 2.09. The van der Waals surface area contributed by atoms with Crippen LogP contribution >= 0.6 is 0 Å². The van der Waals surface area contributed by atoms with Crippen molar-refractivity contribution < 1.29 is 4.74 Å². The summed E-state index contributed by atoms with van der Waals surface area (Å²) in [7, 11) is 0. The van der Waals surface area contributed by atoms with Crippen molar-refractivity contribution in [2.45, 2.75) is 39.5 Å². The minimum absolute atomic E-state index is 0.103. The van der Waals surface area contributed by atoms with Crippen LogP contribution in [0, 0.1) is 0 Å². The van der Waals surface area contributed by atoms with Gasteiger partial charge in [-0.1, -0.05) is 12.1 Å². The zero-order chi connectivity index (χ0) is 10.3. The largest absolute Gasteiger partial charge is 0.469 e. The van der Waals surface area contributed by atoms with Gasteiger partial charge in [-0.05, 0) is 39.8 Å². The van der Waals surface area contributed by atoms with E-state index >= 15 is 0 Å². The van der Waals surface area contributed by atoms with Gasteiger partial charge in [-0.3, -0.25) is 0 Å². The van der Waals surface area contributed by atoms with Gasteiger partial charge in [0, 0.05) is 5.54 Å². The molecule has 1 aromatic rings.